The normalized spacial score (nSPS) is 14.1. The Morgan fingerprint density at radius 3 is 2.29 bits per heavy atom. The zero-order valence-electron chi connectivity index (χ0n) is 23.5. The van der Waals surface area contributed by atoms with Gasteiger partial charge in [0.25, 0.3) is 0 Å². The van der Waals surface area contributed by atoms with E-state index in [-0.39, 0.29) is 29.7 Å². The van der Waals surface area contributed by atoms with Crippen molar-refractivity contribution in [2.24, 2.45) is 0 Å². The molecule has 0 spiro atoms. The molecule has 1 aromatic heterocycles. The van der Waals surface area contributed by atoms with Gasteiger partial charge < -0.3 is 20.1 Å². The lowest BCUT2D eigenvalue weighted by Gasteiger charge is -2.30. The van der Waals surface area contributed by atoms with Crippen molar-refractivity contribution in [3.05, 3.63) is 52.7 Å². The van der Waals surface area contributed by atoms with E-state index in [0.717, 1.165) is 5.57 Å². The van der Waals surface area contributed by atoms with Crippen LogP contribution >= 0.6 is 0 Å². The fourth-order valence-corrected chi connectivity index (χ4v) is 3.92. The Labute approximate surface area is 223 Å². The molecule has 2 N–H and O–H groups in total. The quantitative estimate of drug-likeness (QED) is 0.536. The van der Waals surface area contributed by atoms with Crippen LogP contribution in [0.3, 0.4) is 0 Å². The van der Waals surface area contributed by atoms with Crippen molar-refractivity contribution in [2.45, 2.75) is 79.6 Å². The van der Waals surface area contributed by atoms with E-state index in [1.54, 1.807) is 51.7 Å². The number of nitrogens with two attached hydrogens (primary N) is 1. The Morgan fingerprint density at radius 1 is 1.08 bits per heavy atom. The summed E-state index contributed by atoms with van der Waals surface area (Å²) < 4.78 is 26.4. The molecule has 1 aliphatic heterocycles. The second kappa shape index (κ2) is 11.0. The minimum Gasteiger partial charge on any atom is -0.444 e. The van der Waals surface area contributed by atoms with Crippen LogP contribution in [0.1, 0.15) is 70.6 Å². The second-order valence-electron chi connectivity index (χ2n) is 11.4. The molecule has 206 valence electrons. The number of ether oxygens (including phenoxy) is 2. The third kappa shape index (κ3) is 7.43. The molecule has 3 rings (SSSR count). The molecule has 1 aliphatic rings. The summed E-state index contributed by atoms with van der Waals surface area (Å²) in [6.45, 7) is 14.9. The molecular formula is C28H38FN5O4. The number of nitrogen functional groups attached to an aromatic ring is 1. The van der Waals surface area contributed by atoms with Crippen molar-refractivity contribution in [1.82, 2.24) is 14.9 Å². The van der Waals surface area contributed by atoms with Gasteiger partial charge in [-0.15, -0.1) is 0 Å². The fourth-order valence-electron chi connectivity index (χ4n) is 3.92. The van der Waals surface area contributed by atoms with Gasteiger partial charge in [0.1, 0.15) is 22.8 Å². The highest BCUT2D eigenvalue weighted by Gasteiger charge is 2.29. The molecule has 2 aromatic rings. The smallest absolute Gasteiger partial charge is 0.416 e. The van der Waals surface area contributed by atoms with E-state index < -0.39 is 23.1 Å². The third-order valence-corrected chi connectivity index (χ3v) is 5.71. The number of aromatic nitrogens is 2. The summed E-state index contributed by atoms with van der Waals surface area (Å²) in [5, 5.41) is 0. The number of rotatable bonds is 4. The predicted octanol–water partition coefficient (Wildman–Crippen LogP) is 5.78. The molecule has 0 atom stereocenters. The molecule has 0 saturated carbocycles. The third-order valence-electron chi connectivity index (χ3n) is 5.71. The molecule has 1 aromatic carbocycles. The van der Waals surface area contributed by atoms with Crippen LogP contribution in [-0.4, -0.2) is 51.3 Å². The maximum absolute atomic E-state index is 15.4. The molecule has 10 heteroatoms. The highest BCUT2D eigenvalue weighted by atomic mass is 19.1. The molecule has 38 heavy (non-hydrogen) atoms. The SMILES string of the molecule is Cc1nc(C)c(N)c(N(Cc2ccc(C3=CCN(C(=O)OC(C)(C)C)CC3)cc2F)C(=O)OC(C)(C)C)n1. The van der Waals surface area contributed by atoms with Crippen LogP contribution in [0.4, 0.5) is 25.5 Å². The van der Waals surface area contributed by atoms with Crippen molar-refractivity contribution in [3.8, 4) is 0 Å². The van der Waals surface area contributed by atoms with Gasteiger partial charge in [0.2, 0.25) is 0 Å². The number of anilines is 2. The van der Waals surface area contributed by atoms with Crippen LogP contribution in [0, 0.1) is 19.7 Å². The first-order valence-corrected chi connectivity index (χ1v) is 12.6. The molecule has 0 fully saturated rings. The summed E-state index contributed by atoms with van der Waals surface area (Å²) in [6.07, 6.45) is 1.41. The fraction of sp³-hybridized carbons (Fsp3) is 0.500. The van der Waals surface area contributed by atoms with Gasteiger partial charge in [0.15, 0.2) is 5.82 Å². The number of benzene rings is 1. The van der Waals surface area contributed by atoms with E-state index in [9.17, 15) is 9.59 Å². The number of amides is 2. The van der Waals surface area contributed by atoms with Gasteiger partial charge in [0, 0.05) is 18.7 Å². The lowest BCUT2D eigenvalue weighted by atomic mass is 9.98. The van der Waals surface area contributed by atoms with E-state index in [1.807, 2.05) is 26.8 Å². The standard InChI is InChI=1S/C28H38FN5O4/c1-17-23(30)24(32-18(2)31-17)34(26(36)38-28(6,7)8)16-21-10-9-20(15-22(21)29)19-11-13-33(14-12-19)25(35)37-27(3,4)5/h9-11,15H,12-14,16,30H2,1-8H3. The number of hydrogen-bond acceptors (Lipinski definition) is 7. The summed E-state index contributed by atoms with van der Waals surface area (Å²) in [5.74, 6) is 0.123. The number of aryl methyl sites for hydroxylation is 2. The highest BCUT2D eigenvalue weighted by Crippen LogP contribution is 2.29. The van der Waals surface area contributed by atoms with Crippen LogP contribution in [0.15, 0.2) is 24.3 Å². The zero-order valence-corrected chi connectivity index (χ0v) is 23.5. The topological polar surface area (TPSA) is 111 Å². The van der Waals surface area contributed by atoms with E-state index >= 15 is 4.39 Å². The minimum absolute atomic E-state index is 0.132. The van der Waals surface area contributed by atoms with Crippen LogP contribution < -0.4 is 10.6 Å². The van der Waals surface area contributed by atoms with Crippen molar-refractivity contribution in [2.75, 3.05) is 23.7 Å². The van der Waals surface area contributed by atoms with E-state index in [4.69, 9.17) is 15.2 Å². The lowest BCUT2D eigenvalue weighted by Crippen LogP contribution is -2.39. The Balaban J connectivity index is 1.85. The molecule has 0 radical (unpaired) electrons. The van der Waals surface area contributed by atoms with Crippen molar-refractivity contribution >= 4 is 29.3 Å². The minimum atomic E-state index is -0.774. The largest absolute Gasteiger partial charge is 0.444 e. The number of carbonyl (C=O) groups is 2. The Bertz CT molecular complexity index is 1250. The van der Waals surface area contributed by atoms with Gasteiger partial charge in [-0.05, 0) is 79.0 Å². The predicted molar refractivity (Wildman–Crippen MR) is 145 cm³/mol. The Morgan fingerprint density at radius 2 is 1.74 bits per heavy atom. The van der Waals surface area contributed by atoms with Crippen LogP contribution in [-0.2, 0) is 16.0 Å². The maximum atomic E-state index is 15.4. The number of nitrogens with zero attached hydrogens (tertiary/aromatic N) is 4. The van der Waals surface area contributed by atoms with Gasteiger partial charge in [-0.2, -0.15) is 0 Å². The molecule has 9 nitrogen and oxygen atoms in total. The summed E-state index contributed by atoms with van der Waals surface area (Å²) in [7, 11) is 0. The molecule has 0 saturated heterocycles. The number of hydrogen-bond donors (Lipinski definition) is 1. The van der Waals surface area contributed by atoms with E-state index in [0.29, 0.717) is 36.6 Å². The maximum Gasteiger partial charge on any atom is 0.416 e. The van der Waals surface area contributed by atoms with Gasteiger partial charge in [0.05, 0.1) is 17.9 Å². The molecule has 0 unspecified atom stereocenters. The monoisotopic (exact) mass is 527 g/mol. The summed E-state index contributed by atoms with van der Waals surface area (Å²) in [4.78, 5) is 36.9. The van der Waals surface area contributed by atoms with E-state index in [1.165, 1.54) is 11.0 Å². The average Bonchev–Trinajstić information content (AvgIpc) is 2.78. The first-order chi connectivity index (χ1) is 17.5. The Kier molecular flexibility index (Phi) is 8.33. The first-order valence-electron chi connectivity index (χ1n) is 12.6. The number of carbonyl (C=O) groups excluding carboxylic acids is 2. The van der Waals surface area contributed by atoms with Gasteiger partial charge >= 0.3 is 12.2 Å². The first kappa shape index (κ1) is 28.9. The summed E-state index contributed by atoms with van der Waals surface area (Å²) in [5.41, 5.74) is 7.55. The molecular weight excluding hydrogens is 489 g/mol. The van der Waals surface area contributed by atoms with Crippen molar-refractivity contribution < 1.29 is 23.5 Å². The lowest BCUT2D eigenvalue weighted by molar-refractivity contribution is 0.0270. The molecule has 0 aliphatic carbocycles. The van der Waals surface area contributed by atoms with Gasteiger partial charge in [-0.3, -0.25) is 4.90 Å². The second-order valence-corrected chi connectivity index (χ2v) is 11.4. The van der Waals surface area contributed by atoms with Gasteiger partial charge in [-0.25, -0.2) is 23.9 Å². The molecule has 0 bridgehead atoms. The molecule has 2 amide bonds. The summed E-state index contributed by atoms with van der Waals surface area (Å²) in [6, 6.07) is 4.89. The van der Waals surface area contributed by atoms with Crippen LogP contribution in [0.5, 0.6) is 0 Å². The zero-order chi connectivity index (χ0) is 28.4. The van der Waals surface area contributed by atoms with Gasteiger partial charge in [-0.1, -0.05) is 18.2 Å². The number of halogens is 1. The average molecular weight is 528 g/mol. The highest BCUT2D eigenvalue weighted by molar-refractivity contribution is 5.90. The van der Waals surface area contributed by atoms with Crippen LogP contribution in [0.2, 0.25) is 0 Å². The Hall–Kier alpha value is -3.69. The van der Waals surface area contributed by atoms with Crippen molar-refractivity contribution in [3.63, 3.8) is 0 Å². The molecule has 2 heterocycles. The van der Waals surface area contributed by atoms with E-state index in [2.05, 4.69) is 9.97 Å². The van der Waals surface area contributed by atoms with Crippen LogP contribution in [0.25, 0.3) is 5.57 Å². The van der Waals surface area contributed by atoms with Crippen molar-refractivity contribution in [1.29, 1.82) is 0 Å². The summed E-state index contributed by atoms with van der Waals surface area (Å²) >= 11 is 0.